The lowest BCUT2D eigenvalue weighted by molar-refractivity contribution is 0.171. The highest BCUT2D eigenvalue weighted by molar-refractivity contribution is 6.36. The van der Waals surface area contributed by atoms with Crippen LogP contribution >= 0.6 is 34.8 Å². The molecule has 0 unspecified atom stereocenters. The van der Waals surface area contributed by atoms with Gasteiger partial charge in [-0.2, -0.15) is 5.26 Å². The van der Waals surface area contributed by atoms with E-state index in [1.165, 1.54) is 11.1 Å². The number of benzene rings is 3. The third-order valence-electron chi connectivity index (χ3n) is 5.96. The van der Waals surface area contributed by atoms with Gasteiger partial charge in [0.1, 0.15) is 0 Å². The molecule has 1 fully saturated rings. The number of hydrogen-bond acceptors (Lipinski definition) is 3. The Morgan fingerprint density at radius 2 is 1.58 bits per heavy atom. The molecule has 0 spiro atoms. The van der Waals surface area contributed by atoms with Gasteiger partial charge in [-0.3, -0.25) is 4.90 Å². The van der Waals surface area contributed by atoms with Crippen molar-refractivity contribution < 1.29 is 0 Å². The van der Waals surface area contributed by atoms with E-state index >= 15 is 0 Å². The highest BCUT2D eigenvalue weighted by atomic mass is 35.5. The van der Waals surface area contributed by atoms with Crippen LogP contribution < -0.4 is 4.90 Å². The molecule has 0 aromatic heterocycles. The Hall–Kier alpha value is -2.22. The second-order valence-corrected chi connectivity index (χ2v) is 9.04. The molecule has 0 N–H and O–H groups in total. The predicted molar refractivity (Wildman–Crippen MR) is 129 cm³/mol. The van der Waals surface area contributed by atoms with E-state index in [-0.39, 0.29) is 12.1 Å². The van der Waals surface area contributed by atoms with Gasteiger partial charge in [-0.25, -0.2) is 0 Å². The zero-order valence-corrected chi connectivity index (χ0v) is 19.4. The zero-order chi connectivity index (χ0) is 22.0. The molecule has 158 valence electrons. The molecule has 0 amide bonds. The van der Waals surface area contributed by atoms with Crippen LogP contribution in [0.15, 0.2) is 66.7 Å². The van der Waals surface area contributed by atoms with E-state index in [1.54, 1.807) is 6.07 Å². The van der Waals surface area contributed by atoms with Gasteiger partial charge < -0.3 is 4.90 Å². The highest BCUT2D eigenvalue weighted by Crippen LogP contribution is 2.38. The fourth-order valence-corrected chi connectivity index (χ4v) is 4.82. The number of nitriles is 1. The SMILES string of the molecule is C[C@@H](c1ccc(C#N)cc1)N1CCN(c2ccc(Cl)cc2Cl)[C@H](c2ccc(Cl)cc2)C1. The van der Waals surface area contributed by atoms with Gasteiger partial charge in [-0.1, -0.05) is 59.1 Å². The van der Waals surface area contributed by atoms with E-state index in [9.17, 15) is 0 Å². The smallest absolute Gasteiger partial charge is 0.0991 e. The van der Waals surface area contributed by atoms with Crippen LogP contribution in [-0.2, 0) is 0 Å². The average molecular weight is 471 g/mol. The van der Waals surface area contributed by atoms with Crippen molar-refractivity contribution in [3.8, 4) is 6.07 Å². The van der Waals surface area contributed by atoms with Crippen LogP contribution in [0.5, 0.6) is 0 Å². The number of halogens is 3. The van der Waals surface area contributed by atoms with E-state index in [4.69, 9.17) is 40.1 Å². The molecule has 0 bridgehead atoms. The Morgan fingerprint density at radius 1 is 0.903 bits per heavy atom. The van der Waals surface area contributed by atoms with E-state index in [2.05, 4.69) is 34.9 Å². The van der Waals surface area contributed by atoms with Gasteiger partial charge in [-0.05, 0) is 60.5 Å². The van der Waals surface area contributed by atoms with Crippen LogP contribution in [0.2, 0.25) is 15.1 Å². The average Bonchev–Trinajstić information content (AvgIpc) is 2.79. The highest BCUT2D eigenvalue weighted by Gasteiger charge is 2.32. The minimum absolute atomic E-state index is 0.116. The normalized spacial score (nSPS) is 17.9. The van der Waals surface area contributed by atoms with Crippen LogP contribution in [0, 0.1) is 11.3 Å². The van der Waals surface area contributed by atoms with Crippen LogP contribution in [-0.4, -0.2) is 24.5 Å². The monoisotopic (exact) mass is 469 g/mol. The first kappa shape index (κ1) is 22.0. The zero-order valence-electron chi connectivity index (χ0n) is 17.1. The molecule has 1 aliphatic rings. The molecule has 1 saturated heterocycles. The number of anilines is 1. The largest absolute Gasteiger partial charge is 0.361 e. The summed E-state index contributed by atoms with van der Waals surface area (Å²) in [5.74, 6) is 0. The second-order valence-electron chi connectivity index (χ2n) is 7.76. The van der Waals surface area contributed by atoms with Crippen LogP contribution in [0.25, 0.3) is 0 Å². The Balaban J connectivity index is 1.65. The first-order valence-corrected chi connectivity index (χ1v) is 11.3. The van der Waals surface area contributed by atoms with Gasteiger partial charge in [0.2, 0.25) is 0 Å². The Morgan fingerprint density at radius 3 is 2.23 bits per heavy atom. The predicted octanol–water partition coefficient (Wildman–Crippen LogP) is 7.14. The van der Waals surface area contributed by atoms with E-state index in [0.717, 1.165) is 30.3 Å². The maximum absolute atomic E-state index is 9.08. The number of hydrogen-bond donors (Lipinski definition) is 0. The maximum atomic E-state index is 9.08. The molecule has 0 radical (unpaired) electrons. The summed E-state index contributed by atoms with van der Waals surface area (Å²) in [6, 6.07) is 24.1. The summed E-state index contributed by atoms with van der Waals surface area (Å²) in [5.41, 5.74) is 4.05. The van der Waals surface area contributed by atoms with Crippen molar-refractivity contribution in [3.05, 3.63) is 98.5 Å². The van der Waals surface area contributed by atoms with Crippen LogP contribution in [0.4, 0.5) is 5.69 Å². The van der Waals surface area contributed by atoms with Gasteiger partial charge in [-0.15, -0.1) is 0 Å². The van der Waals surface area contributed by atoms with Gasteiger partial charge in [0.05, 0.1) is 28.4 Å². The molecule has 3 aromatic carbocycles. The van der Waals surface area contributed by atoms with Crippen molar-refractivity contribution in [3.63, 3.8) is 0 Å². The molecular weight excluding hydrogens is 449 g/mol. The number of piperazine rings is 1. The maximum Gasteiger partial charge on any atom is 0.0991 e. The van der Waals surface area contributed by atoms with Crippen LogP contribution in [0.1, 0.15) is 35.7 Å². The Labute approximate surface area is 198 Å². The van der Waals surface area contributed by atoms with E-state index in [0.29, 0.717) is 15.6 Å². The summed E-state index contributed by atoms with van der Waals surface area (Å²) in [6.07, 6.45) is 0. The standard InChI is InChI=1S/C25H22Cl3N3/c1-17(19-4-2-18(15-29)3-5-19)30-12-13-31(24-11-10-22(27)14-23(24)28)25(16-30)20-6-8-21(26)9-7-20/h2-11,14,17,25H,12-13,16H2,1H3/t17-,25-/m0/s1. The Kier molecular flexibility index (Phi) is 6.74. The topological polar surface area (TPSA) is 30.3 Å². The minimum Gasteiger partial charge on any atom is -0.361 e. The first-order valence-electron chi connectivity index (χ1n) is 10.2. The fraction of sp³-hybridized carbons (Fsp3) is 0.240. The fourth-order valence-electron chi connectivity index (χ4n) is 4.18. The molecule has 6 heteroatoms. The third kappa shape index (κ3) is 4.84. The lowest BCUT2D eigenvalue weighted by atomic mass is 9.98. The molecule has 4 rings (SSSR count). The molecule has 31 heavy (non-hydrogen) atoms. The lowest BCUT2D eigenvalue weighted by Gasteiger charge is -2.45. The third-order valence-corrected chi connectivity index (χ3v) is 6.75. The van der Waals surface area contributed by atoms with Gasteiger partial charge in [0, 0.05) is 35.7 Å². The first-order chi connectivity index (χ1) is 15.0. The van der Waals surface area contributed by atoms with Crippen molar-refractivity contribution in [1.82, 2.24) is 4.90 Å². The van der Waals surface area contributed by atoms with Crippen molar-refractivity contribution >= 4 is 40.5 Å². The van der Waals surface area contributed by atoms with Crippen molar-refractivity contribution in [2.45, 2.75) is 19.0 Å². The molecule has 1 heterocycles. The van der Waals surface area contributed by atoms with Crippen molar-refractivity contribution in [1.29, 1.82) is 5.26 Å². The summed E-state index contributed by atoms with van der Waals surface area (Å²) >= 11 is 18.9. The summed E-state index contributed by atoms with van der Waals surface area (Å²) in [6.45, 7) is 4.77. The summed E-state index contributed by atoms with van der Waals surface area (Å²) < 4.78 is 0. The van der Waals surface area contributed by atoms with E-state index in [1.807, 2.05) is 48.5 Å². The van der Waals surface area contributed by atoms with Crippen LogP contribution in [0.3, 0.4) is 0 Å². The Bertz CT molecular complexity index is 1090. The number of nitrogens with zero attached hydrogens (tertiary/aromatic N) is 3. The molecule has 3 nitrogen and oxygen atoms in total. The van der Waals surface area contributed by atoms with Crippen molar-refractivity contribution in [2.24, 2.45) is 0 Å². The molecule has 0 aliphatic carbocycles. The quantitative estimate of drug-likeness (QED) is 0.406. The minimum atomic E-state index is 0.116. The van der Waals surface area contributed by atoms with Gasteiger partial charge in [0.25, 0.3) is 0 Å². The molecule has 1 aliphatic heterocycles. The summed E-state index contributed by atoms with van der Waals surface area (Å²) in [4.78, 5) is 4.82. The molecule has 0 saturated carbocycles. The molecule has 2 atom stereocenters. The van der Waals surface area contributed by atoms with Crippen molar-refractivity contribution in [2.75, 3.05) is 24.5 Å². The lowest BCUT2D eigenvalue weighted by Crippen LogP contribution is -2.49. The van der Waals surface area contributed by atoms with Gasteiger partial charge in [0.15, 0.2) is 0 Å². The summed E-state index contributed by atoms with van der Waals surface area (Å²) in [5, 5.41) is 11.1. The number of rotatable bonds is 4. The molecule has 3 aromatic rings. The molecular formula is C25H22Cl3N3. The van der Waals surface area contributed by atoms with Gasteiger partial charge >= 0.3 is 0 Å². The second kappa shape index (κ2) is 9.51. The van der Waals surface area contributed by atoms with E-state index < -0.39 is 0 Å². The summed E-state index contributed by atoms with van der Waals surface area (Å²) in [7, 11) is 0.